The van der Waals surface area contributed by atoms with Crippen molar-refractivity contribution in [3.8, 4) is 0 Å². The van der Waals surface area contributed by atoms with Crippen LogP contribution in [0.3, 0.4) is 0 Å². The molecule has 57 heavy (non-hydrogen) atoms. The van der Waals surface area contributed by atoms with E-state index in [0.29, 0.717) is 6.42 Å². The van der Waals surface area contributed by atoms with Gasteiger partial charge in [0.05, 0.1) is 29.0 Å². The predicted octanol–water partition coefficient (Wildman–Crippen LogP) is 14.6. The lowest BCUT2D eigenvalue weighted by atomic mass is 9.71. The van der Waals surface area contributed by atoms with Crippen molar-refractivity contribution in [1.82, 2.24) is 4.98 Å². The molecule has 1 rings (SSSR count). The largest absolute Gasteiger partial charge is 0.413 e. The molecule has 1 aromatic heterocycles. The summed E-state index contributed by atoms with van der Waals surface area (Å²) in [5, 5.41) is 13.6. The molecule has 0 aromatic carbocycles. The Balaban J connectivity index is 3.46. The van der Waals surface area contributed by atoms with Crippen molar-refractivity contribution >= 4 is 48.1 Å². The topological polar surface area (TPSA) is 77.9 Å². The molecule has 332 valence electrons. The van der Waals surface area contributed by atoms with Crippen molar-refractivity contribution in [2.75, 3.05) is 6.61 Å². The molecule has 5 atom stereocenters. The van der Waals surface area contributed by atoms with Crippen molar-refractivity contribution in [3.05, 3.63) is 33.3 Å². The number of thiazole rings is 1. The minimum atomic E-state index is -2.24. The zero-order valence-electron chi connectivity index (χ0n) is 41.2. The Labute approximate surface area is 360 Å². The van der Waals surface area contributed by atoms with Crippen molar-refractivity contribution in [3.63, 3.8) is 0 Å². The van der Waals surface area contributed by atoms with Crippen molar-refractivity contribution in [2.24, 2.45) is 17.3 Å². The third-order valence-electron chi connectivity index (χ3n) is 13.9. The van der Waals surface area contributed by atoms with Gasteiger partial charge in [-0.15, -0.1) is 11.3 Å². The van der Waals surface area contributed by atoms with Gasteiger partial charge in [-0.25, -0.2) is 4.98 Å². The fraction of sp³-hybridized carbons (Fsp3) is 0.830. The maximum absolute atomic E-state index is 15.1. The molecule has 10 heteroatoms. The number of carbonyl (C=O) groups excluding carboxylic acids is 1. The van der Waals surface area contributed by atoms with E-state index in [1.807, 2.05) is 0 Å². The molecule has 0 saturated heterocycles. The van der Waals surface area contributed by atoms with Crippen LogP contribution < -0.4 is 0 Å². The molecule has 0 amide bonds. The Bertz CT molecular complexity index is 1460. The smallest absolute Gasteiger partial charge is 0.192 e. The number of carbonyl (C=O) groups is 1. The molecular formula is C47H91NO5SSi3. The first-order valence-corrected chi connectivity index (χ1v) is 31.7. The van der Waals surface area contributed by atoms with E-state index in [9.17, 15) is 5.11 Å². The summed E-state index contributed by atoms with van der Waals surface area (Å²) in [4.78, 5) is 19.8. The molecule has 1 aromatic rings. The number of nitrogens with zero attached hydrogens (tertiary/aromatic N) is 1. The summed E-state index contributed by atoms with van der Waals surface area (Å²) in [6, 6.07) is 0. The van der Waals surface area contributed by atoms with Crippen LogP contribution in [0.25, 0.3) is 6.08 Å². The van der Waals surface area contributed by atoms with Gasteiger partial charge in [0.1, 0.15) is 5.78 Å². The highest BCUT2D eigenvalue weighted by Gasteiger charge is 2.50. The monoisotopic (exact) mass is 866 g/mol. The quantitative estimate of drug-likeness (QED) is 0.0872. The molecule has 0 aliphatic rings. The highest BCUT2D eigenvalue weighted by atomic mass is 32.1. The van der Waals surface area contributed by atoms with Crippen LogP contribution in [0.2, 0.25) is 54.4 Å². The standard InChI is InChI=1S/C47H91NO5SSi3/c1-23-25-39(43(50)47(15,16)41(30-31-49)52-56(19,20)45(9,10)11)42(53-57(21,22)46(12,13)14)35(3)27-24-26-34(2)28-29-40(51-55(17,18)44(6,7)8)36(4)32-38-33-54-37(5)48-38/h28,32-33,35,39-42,49H,23-27,29-31H2,1-22H3/b34-28-,36-32+/t35-,39+,40-,41-,42-/m0/s1. The maximum atomic E-state index is 15.1. The minimum Gasteiger partial charge on any atom is -0.413 e. The van der Waals surface area contributed by atoms with Crippen LogP contribution in [0.1, 0.15) is 160 Å². The van der Waals surface area contributed by atoms with E-state index < -0.39 is 30.4 Å². The number of aromatic nitrogens is 1. The summed E-state index contributed by atoms with van der Waals surface area (Å²) in [5.41, 5.74) is 2.83. The zero-order valence-corrected chi connectivity index (χ0v) is 45.0. The van der Waals surface area contributed by atoms with Gasteiger partial charge < -0.3 is 18.4 Å². The fourth-order valence-electron chi connectivity index (χ4n) is 6.63. The second-order valence-corrected chi connectivity index (χ2v) is 37.7. The van der Waals surface area contributed by atoms with Gasteiger partial charge in [-0.2, -0.15) is 0 Å². The number of hydrogen-bond donors (Lipinski definition) is 1. The third kappa shape index (κ3) is 15.9. The SMILES string of the molecule is CCC[C@@H](C(=O)C(C)(C)[C@H](CCO)O[Si](C)(C)C(C)(C)C)[C@@H](O[Si](C)(C)C(C)(C)C)[C@@H](C)CCC/C(C)=C\C[C@H](O[Si](C)(C)C(C)(C)C)/C(C)=C/c1csc(C)n1. The summed E-state index contributed by atoms with van der Waals surface area (Å²) in [7, 11) is -6.47. The molecule has 0 unspecified atom stereocenters. The van der Waals surface area contributed by atoms with Crippen LogP contribution in [0.4, 0.5) is 0 Å². The Morgan fingerprint density at radius 1 is 0.825 bits per heavy atom. The molecule has 0 spiro atoms. The average molecular weight is 867 g/mol. The van der Waals surface area contributed by atoms with Gasteiger partial charge in [-0.1, -0.05) is 108 Å². The number of aryl methyl sites for hydroxylation is 1. The molecule has 0 fully saturated rings. The molecule has 0 bridgehead atoms. The lowest BCUT2D eigenvalue weighted by Crippen LogP contribution is -2.54. The molecule has 0 saturated carbocycles. The number of Topliss-reactive ketones (excluding diaryl/α,β-unsaturated/α-hetero) is 1. The van der Waals surface area contributed by atoms with Crippen LogP contribution in [0.5, 0.6) is 0 Å². The summed E-state index contributed by atoms with van der Waals surface area (Å²) in [5.74, 6) is 0.166. The number of aliphatic hydroxyl groups excluding tert-OH is 1. The number of hydrogen-bond acceptors (Lipinski definition) is 7. The van der Waals surface area contributed by atoms with Crippen molar-refractivity contribution in [1.29, 1.82) is 0 Å². The molecule has 0 radical (unpaired) electrons. The van der Waals surface area contributed by atoms with Crippen LogP contribution in [-0.2, 0) is 18.1 Å². The fourth-order valence-corrected chi connectivity index (χ4v) is 11.5. The first-order chi connectivity index (χ1) is 25.6. The Kier molecular flexibility index (Phi) is 20.4. The summed E-state index contributed by atoms with van der Waals surface area (Å²) < 4.78 is 21.4. The van der Waals surface area contributed by atoms with E-state index >= 15 is 4.79 Å². The molecule has 6 nitrogen and oxygen atoms in total. The molecular weight excluding hydrogens is 775 g/mol. The van der Waals surface area contributed by atoms with E-state index in [4.69, 9.17) is 18.3 Å². The minimum absolute atomic E-state index is 0.00332. The van der Waals surface area contributed by atoms with Gasteiger partial charge in [0.15, 0.2) is 25.0 Å². The molecule has 0 aliphatic carbocycles. The predicted molar refractivity (Wildman–Crippen MR) is 257 cm³/mol. The van der Waals surface area contributed by atoms with Crippen LogP contribution in [-0.4, -0.2) is 65.7 Å². The summed E-state index contributed by atoms with van der Waals surface area (Å²) >= 11 is 1.68. The first-order valence-electron chi connectivity index (χ1n) is 22.1. The average Bonchev–Trinajstić information content (AvgIpc) is 3.46. The first kappa shape index (κ1) is 54.3. The van der Waals surface area contributed by atoms with E-state index in [1.54, 1.807) is 11.3 Å². The van der Waals surface area contributed by atoms with Crippen LogP contribution >= 0.6 is 11.3 Å². The molecule has 1 N–H and O–H groups in total. The Hall–Kier alpha value is -0.729. The van der Waals surface area contributed by atoms with E-state index in [-0.39, 0.29) is 57.7 Å². The maximum Gasteiger partial charge on any atom is 0.192 e. The highest BCUT2D eigenvalue weighted by Crippen LogP contribution is 2.45. The van der Waals surface area contributed by atoms with Crippen LogP contribution in [0, 0.1) is 24.2 Å². The van der Waals surface area contributed by atoms with E-state index in [2.05, 4.69) is 168 Å². The lowest BCUT2D eigenvalue weighted by molar-refractivity contribution is -0.142. The summed E-state index contributed by atoms with van der Waals surface area (Å²) in [6.45, 7) is 49.4. The van der Waals surface area contributed by atoms with Gasteiger partial charge in [0, 0.05) is 23.3 Å². The Morgan fingerprint density at radius 3 is 1.79 bits per heavy atom. The third-order valence-corrected chi connectivity index (χ3v) is 28.1. The van der Waals surface area contributed by atoms with Gasteiger partial charge >= 0.3 is 0 Å². The highest BCUT2D eigenvalue weighted by molar-refractivity contribution is 7.09. The summed E-state index contributed by atoms with van der Waals surface area (Å²) in [6.07, 6.45) is 10.0. The van der Waals surface area contributed by atoms with Gasteiger partial charge in [0.2, 0.25) is 0 Å². The van der Waals surface area contributed by atoms with Gasteiger partial charge in [-0.05, 0) is 131 Å². The van der Waals surface area contributed by atoms with Gasteiger partial charge in [0.25, 0.3) is 0 Å². The van der Waals surface area contributed by atoms with Crippen molar-refractivity contribution in [2.45, 2.75) is 228 Å². The lowest BCUT2D eigenvalue weighted by Gasteiger charge is -2.47. The van der Waals surface area contributed by atoms with E-state index in [0.717, 1.165) is 49.2 Å². The Morgan fingerprint density at radius 2 is 1.33 bits per heavy atom. The van der Waals surface area contributed by atoms with Crippen molar-refractivity contribution < 1.29 is 23.2 Å². The molecule has 0 aliphatic heterocycles. The number of rotatable bonds is 23. The second-order valence-electron chi connectivity index (χ2n) is 22.4. The zero-order chi connectivity index (χ0) is 44.6. The van der Waals surface area contributed by atoms with Gasteiger partial charge in [-0.3, -0.25) is 4.79 Å². The van der Waals surface area contributed by atoms with Crippen LogP contribution in [0.15, 0.2) is 22.6 Å². The second kappa shape index (κ2) is 21.4. The number of ketones is 1. The normalized spacial score (nSPS) is 17.4. The molecule has 1 heterocycles. The number of allylic oxidation sites excluding steroid dienone is 1. The number of aliphatic hydroxyl groups is 1. The van der Waals surface area contributed by atoms with E-state index in [1.165, 1.54) is 11.1 Å².